The number of aliphatic carboxylic acids is 1. The topological polar surface area (TPSA) is 95.7 Å². The highest BCUT2D eigenvalue weighted by Gasteiger charge is 2.32. The van der Waals surface area contributed by atoms with Gasteiger partial charge in [-0.2, -0.15) is 0 Å². The minimum Gasteiger partial charge on any atom is -0.481 e. The number of likely N-dealkylation sites (tertiary alicyclic amines) is 1. The summed E-state index contributed by atoms with van der Waals surface area (Å²) in [5.41, 5.74) is 1.93. The van der Waals surface area contributed by atoms with E-state index in [0.29, 0.717) is 19.5 Å². The molecular weight excluding hydrogens is 298 g/mol. The van der Waals surface area contributed by atoms with Crippen LogP contribution in [0.15, 0.2) is 4.52 Å². The van der Waals surface area contributed by atoms with Crippen LogP contribution in [-0.4, -0.2) is 40.3 Å². The summed E-state index contributed by atoms with van der Waals surface area (Å²) in [5.74, 6) is -0.183. The molecule has 1 saturated heterocycles. The Hall–Kier alpha value is -2.05. The van der Waals surface area contributed by atoms with Gasteiger partial charge in [0.25, 0.3) is 0 Å². The normalized spacial score (nSPS) is 24.1. The van der Waals surface area contributed by atoms with Crippen molar-refractivity contribution in [2.45, 2.75) is 45.6 Å². The number of hydrogen-bond donors (Lipinski definition) is 2. The van der Waals surface area contributed by atoms with Crippen LogP contribution in [0.4, 0.5) is 4.79 Å². The second-order valence-electron chi connectivity index (χ2n) is 6.68. The van der Waals surface area contributed by atoms with Crippen LogP contribution in [-0.2, 0) is 24.2 Å². The molecule has 0 radical (unpaired) electrons. The Labute approximate surface area is 135 Å². The van der Waals surface area contributed by atoms with Gasteiger partial charge in [0.05, 0.1) is 12.5 Å². The molecule has 3 rings (SSSR count). The van der Waals surface area contributed by atoms with Crippen molar-refractivity contribution in [1.29, 1.82) is 0 Å². The quantitative estimate of drug-likeness (QED) is 0.885. The van der Waals surface area contributed by atoms with Gasteiger partial charge in [0, 0.05) is 25.1 Å². The molecule has 1 aromatic heterocycles. The van der Waals surface area contributed by atoms with Crippen molar-refractivity contribution in [3.63, 3.8) is 0 Å². The number of carbonyl (C=O) groups is 2. The average Bonchev–Trinajstić information content (AvgIpc) is 2.95. The third-order valence-electron chi connectivity index (χ3n) is 4.73. The van der Waals surface area contributed by atoms with Gasteiger partial charge in [-0.25, -0.2) is 4.79 Å². The number of carboxylic acid groups (broad SMARTS) is 1. The van der Waals surface area contributed by atoms with Crippen LogP contribution in [0.25, 0.3) is 0 Å². The maximum atomic E-state index is 12.3. The van der Waals surface area contributed by atoms with Gasteiger partial charge in [-0.05, 0) is 31.6 Å². The van der Waals surface area contributed by atoms with Crippen molar-refractivity contribution in [3.05, 3.63) is 17.0 Å². The highest BCUT2D eigenvalue weighted by Crippen LogP contribution is 2.24. The highest BCUT2D eigenvalue weighted by molar-refractivity contribution is 5.76. The lowest BCUT2D eigenvalue weighted by Gasteiger charge is -2.34. The smallest absolute Gasteiger partial charge is 0.317 e. The van der Waals surface area contributed by atoms with Crippen LogP contribution in [0, 0.1) is 11.8 Å². The number of aryl methyl sites for hydroxylation is 1. The zero-order chi connectivity index (χ0) is 16.4. The predicted octanol–water partition coefficient (Wildman–Crippen LogP) is 1.81. The average molecular weight is 321 g/mol. The molecule has 0 saturated carbocycles. The largest absolute Gasteiger partial charge is 0.481 e. The van der Waals surface area contributed by atoms with Crippen molar-refractivity contribution >= 4 is 12.0 Å². The molecule has 23 heavy (non-hydrogen) atoms. The summed E-state index contributed by atoms with van der Waals surface area (Å²) in [6, 6.07) is -0.227. The van der Waals surface area contributed by atoms with E-state index in [1.165, 1.54) is 0 Å². The molecule has 2 aliphatic rings. The Bertz CT molecular complexity index is 598. The fraction of sp³-hybridized carbons (Fsp3) is 0.688. The van der Waals surface area contributed by atoms with Gasteiger partial charge in [-0.1, -0.05) is 12.1 Å². The molecule has 2 N–H and O–H groups in total. The van der Waals surface area contributed by atoms with E-state index in [-0.39, 0.29) is 18.5 Å². The Kier molecular flexibility index (Phi) is 4.54. The van der Waals surface area contributed by atoms with E-state index in [2.05, 4.69) is 10.5 Å². The summed E-state index contributed by atoms with van der Waals surface area (Å²) < 4.78 is 5.34. The number of carboxylic acids is 1. The molecule has 2 unspecified atom stereocenters. The second-order valence-corrected chi connectivity index (χ2v) is 6.68. The maximum absolute atomic E-state index is 12.3. The second kappa shape index (κ2) is 6.60. The minimum absolute atomic E-state index is 0.190. The van der Waals surface area contributed by atoms with E-state index in [0.717, 1.165) is 42.7 Å². The van der Waals surface area contributed by atoms with Crippen LogP contribution >= 0.6 is 0 Å². The van der Waals surface area contributed by atoms with Gasteiger partial charge in [0.15, 0.2) is 0 Å². The molecule has 1 aromatic rings. The molecule has 0 spiro atoms. The summed E-state index contributed by atoms with van der Waals surface area (Å²) in [5, 5.41) is 16.1. The van der Waals surface area contributed by atoms with Gasteiger partial charge in [-0.3, -0.25) is 4.79 Å². The lowest BCUT2D eigenvalue weighted by Crippen LogP contribution is -2.49. The molecule has 2 atom stereocenters. The van der Waals surface area contributed by atoms with E-state index < -0.39 is 11.9 Å². The highest BCUT2D eigenvalue weighted by atomic mass is 16.5. The third-order valence-corrected chi connectivity index (χ3v) is 4.73. The number of nitrogens with zero attached hydrogens (tertiary/aromatic N) is 2. The van der Waals surface area contributed by atoms with Crippen LogP contribution < -0.4 is 5.32 Å². The molecule has 1 fully saturated rings. The van der Waals surface area contributed by atoms with Gasteiger partial charge >= 0.3 is 12.0 Å². The molecule has 1 aliphatic heterocycles. The molecule has 2 heterocycles. The number of hydrogen-bond acceptors (Lipinski definition) is 4. The summed E-state index contributed by atoms with van der Waals surface area (Å²) in [6.07, 6.45) is 4.73. The van der Waals surface area contributed by atoms with Crippen molar-refractivity contribution in [3.8, 4) is 0 Å². The fourth-order valence-electron chi connectivity index (χ4n) is 3.56. The van der Waals surface area contributed by atoms with E-state index in [1.54, 1.807) is 4.90 Å². The predicted molar refractivity (Wildman–Crippen MR) is 81.9 cm³/mol. The van der Waals surface area contributed by atoms with Gasteiger partial charge in [-0.15, -0.1) is 0 Å². The maximum Gasteiger partial charge on any atom is 0.317 e. The first-order chi connectivity index (χ1) is 11.0. The lowest BCUT2D eigenvalue weighted by atomic mass is 9.91. The number of carbonyl (C=O) groups excluding carboxylic acids is 1. The van der Waals surface area contributed by atoms with Crippen LogP contribution in [0.2, 0.25) is 0 Å². The molecule has 2 amide bonds. The molecular formula is C16H23N3O4. The number of rotatable bonds is 3. The molecule has 7 heteroatoms. The first-order valence-electron chi connectivity index (χ1n) is 8.26. The van der Waals surface area contributed by atoms with Crippen molar-refractivity contribution in [2.24, 2.45) is 11.8 Å². The standard InChI is InChI=1S/C16H23N3O4/c1-10-6-11(15(20)21)9-19(8-10)16(22)17-7-13-12-4-2-3-5-14(12)23-18-13/h10-11H,2-9H2,1H3,(H,17,22)(H,20,21). The molecule has 7 nitrogen and oxygen atoms in total. The summed E-state index contributed by atoms with van der Waals surface area (Å²) >= 11 is 0. The van der Waals surface area contributed by atoms with E-state index in [4.69, 9.17) is 4.52 Å². The van der Waals surface area contributed by atoms with Crippen LogP contribution in [0.5, 0.6) is 0 Å². The van der Waals surface area contributed by atoms with Crippen molar-refractivity contribution in [2.75, 3.05) is 13.1 Å². The summed E-state index contributed by atoms with van der Waals surface area (Å²) in [7, 11) is 0. The van der Waals surface area contributed by atoms with Crippen LogP contribution in [0.1, 0.15) is 43.2 Å². The van der Waals surface area contributed by atoms with E-state index in [9.17, 15) is 14.7 Å². The number of aromatic nitrogens is 1. The monoisotopic (exact) mass is 321 g/mol. The van der Waals surface area contributed by atoms with Gasteiger partial charge < -0.3 is 19.8 Å². The zero-order valence-electron chi connectivity index (χ0n) is 13.4. The SMILES string of the molecule is CC1CC(C(=O)O)CN(C(=O)NCc2noc3c2CCCC3)C1. The lowest BCUT2D eigenvalue weighted by molar-refractivity contribution is -0.143. The van der Waals surface area contributed by atoms with Crippen LogP contribution in [0.3, 0.4) is 0 Å². The van der Waals surface area contributed by atoms with Crippen molar-refractivity contribution in [1.82, 2.24) is 15.4 Å². The third kappa shape index (κ3) is 3.48. The Morgan fingerprint density at radius 3 is 2.91 bits per heavy atom. The number of fused-ring (bicyclic) bond motifs is 1. The van der Waals surface area contributed by atoms with E-state index >= 15 is 0 Å². The van der Waals surface area contributed by atoms with Crippen molar-refractivity contribution < 1.29 is 19.2 Å². The fourth-order valence-corrected chi connectivity index (χ4v) is 3.56. The Balaban J connectivity index is 1.58. The number of piperidine rings is 1. The number of amides is 2. The zero-order valence-corrected chi connectivity index (χ0v) is 13.4. The first-order valence-corrected chi connectivity index (χ1v) is 8.26. The number of nitrogens with one attached hydrogen (secondary N) is 1. The first kappa shape index (κ1) is 15.8. The minimum atomic E-state index is -0.833. The molecule has 126 valence electrons. The molecule has 0 aromatic carbocycles. The molecule has 0 bridgehead atoms. The van der Waals surface area contributed by atoms with Gasteiger partial charge in [0.2, 0.25) is 0 Å². The Morgan fingerprint density at radius 1 is 1.35 bits per heavy atom. The van der Waals surface area contributed by atoms with Gasteiger partial charge in [0.1, 0.15) is 11.5 Å². The van der Waals surface area contributed by atoms with E-state index in [1.807, 2.05) is 6.92 Å². The summed E-state index contributed by atoms with van der Waals surface area (Å²) in [4.78, 5) is 25.1. The number of urea groups is 1. The Morgan fingerprint density at radius 2 is 2.13 bits per heavy atom. The molecule has 1 aliphatic carbocycles. The summed E-state index contributed by atoms with van der Waals surface area (Å²) in [6.45, 7) is 3.17.